The van der Waals surface area contributed by atoms with E-state index in [2.05, 4.69) is 0 Å². The second kappa shape index (κ2) is 8.45. The lowest BCUT2D eigenvalue weighted by Crippen LogP contribution is -2.45. The number of para-hydroxylation sites is 1. The maximum atomic E-state index is 13.3. The van der Waals surface area contributed by atoms with Crippen LogP contribution >= 0.6 is 0 Å². The fourth-order valence-electron chi connectivity index (χ4n) is 4.16. The van der Waals surface area contributed by atoms with Crippen LogP contribution in [-0.4, -0.2) is 52.0 Å². The third-order valence-electron chi connectivity index (χ3n) is 5.74. The summed E-state index contributed by atoms with van der Waals surface area (Å²) in [5, 5.41) is 11.8. The molecule has 166 valence electrons. The first-order valence-corrected chi connectivity index (χ1v) is 11.7. The minimum absolute atomic E-state index is 0.107. The molecule has 0 aliphatic carbocycles. The molecule has 0 bridgehead atoms. The van der Waals surface area contributed by atoms with E-state index in [1.165, 1.54) is 16.4 Å². The van der Waals surface area contributed by atoms with Crippen LogP contribution in [0.5, 0.6) is 0 Å². The van der Waals surface area contributed by atoms with Gasteiger partial charge in [-0.25, -0.2) is 8.42 Å². The first kappa shape index (κ1) is 21.5. The standard InChI is InChI=1S/C21H25N3O6S/c1-2-23(17-6-4-3-5-7-17)31(27,28)18-8-9-19(20(16-18)24(25)26)22-12-10-21(11-13-22)29-14-15-30-21/h3-9,16H,2,10-15H2,1H3. The largest absolute Gasteiger partial charge is 0.366 e. The molecule has 0 unspecified atom stereocenters. The zero-order valence-electron chi connectivity index (χ0n) is 17.3. The van der Waals surface area contributed by atoms with Gasteiger partial charge in [0.05, 0.1) is 28.7 Å². The van der Waals surface area contributed by atoms with Gasteiger partial charge >= 0.3 is 0 Å². The monoisotopic (exact) mass is 447 g/mol. The molecule has 0 amide bonds. The van der Waals surface area contributed by atoms with E-state index in [0.717, 1.165) is 6.07 Å². The summed E-state index contributed by atoms with van der Waals surface area (Å²) in [6.07, 6.45) is 1.20. The number of nitro benzene ring substituents is 1. The number of nitrogens with zero attached hydrogens (tertiary/aromatic N) is 3. The average Bonchev–Trinajstić information content (AvgIpc) is 3.23. The summed E-state index contributed by atoms with van der Waals surface area (Å²) in [5.41, 5.74) is 0.684. The van der Waals surface area contributed by atoms with Crippen molar-refractivity contribution in [2.24, 2.45) is 0 Å². The van der Waals surface area contributed by atoms with Gasteiger partial charge in [-0.05, 0) is 31.2 Å². The Morgan fingerprint density at radius 1 is 1.10 bits per heavy atom. The molecule has 1 spiro atoms. The van der Waals surface area contributed by atoms with Gasteiger partial charge in [-0.1, -0.05) is 18.2 Å². The van der Waals surface area contributed by atoms with Gasteiger partial charge in [0.25, 0.3) is 15.7 Å². The number of hydrogen-bond acceptors (Lipinski definition) is 7. The normalized spacial score (nSPS) is 18.3. The van der Waals surface area contributed by atoms with Crippen molar-refractivity contribution in [3.63, 3.8) is 0 Å². The highest BCUT2D eigenvalue weighted by Gasteiger charge is 2.41. The van der Waals surface area contributed by atoms with Gasteiger partial charge in [-0.15, -0.1) is 0 Å². The molecule has 2 aromatic carbocycles. The van der Waals surface area contributed by atoms with Gasteiger partial charge in [-0.3, -0.25) is 14.4 Å². The van der Waals surface area contributed by atoms with Gasteiger partial charge in [0.1, 0.15) is 5.69 Å². The highest BCUT2D eigenvalue weighted by atomic mass is 32.2. The Hall–Kier alpha value is -2.69. The van der Waals surface area contributed by atoms with E-state index in [9.17, 15) is 18.5 Å². The van der Waals surface area contributed by atoms with E-state index in [4.69, 9.17) is 9.47 Å². The van der Waals surface area contributed by atoms with Crippen LogP contribution in [0.3, 0.4) is 0 Å². The summed E-state index contributed by atoms with van der Waals surface area (Å²) in [6, 6.07) is 12.8. The SMILES string of the molecule is CCN(c1ccccc1)S(=O)(=O)c1ccc(N2CCC3(CC2)OCCO3)c([N+](=O)[O-])c1. The summed E-state index contributed by atoms with van der Waals surface area (Å²) in [5.74, 6) is -0.591. The molecule has 2 heterocycles. The van der Waals surface area contributed by atoms with E-state index in [1.54, 1.807) is 37.3 Å². The molecule has 2 aliphatic rings. The maximum absolute atomic E-state index is 13.3. The fraction of sp³-hybridized carbons (Fsp3) is 0.429. The van der Waals surface area contributed by atoms with Crippen molar-refractivity contribution in [2.75, 3.05) is 42.1 Å². The minimum Gasteiger partial charge on any atom is -0.366 e. The molecule has 9 nitrogen and oxygen atoms in total. The van der Waals surface area contributed by atoms with E-state index >= 15 is 0 Å². The van der Waals surface area contributed by atoms with Gasteiger partial charge in [0, 0.05) is 38.5 Å². The molecule has 2 aromatic rings. The second-order valence-corrected chi connectivity index (χ2v) is 9.37. The molecule has 0 N–H and O–H groups in total. The van der Waals surface area contributed by atoms with E-state index < -0.39 is 20.7 Å². The summed E-state index contributed by atoms with van der Waals surface area (Å²) in [6.45, 7) is 4.10. The highest BCUT2D eigenvalue weighted by molar-refractivity contribution is 7.92. The van der Waals surface area contributed by atoms with E-state index in [-0.39, 0.29) is 17.1 Å². The predicted molar refractivity (Wildman–Crippen MR) is 116 cm³/mol. The Balaban J connectivity index is 1.64. The van der Waals surface area contributed by atoms with Crippen LogP contribution in [0.25, 0.3) is 0 Å². The predicted octanol–water partition coefficient (Wildman–Crippen LogP) is 3.15. The Morgan fingerprint density at radius 2 is 1.74 bits per heavy atom. The Kier molecular flexibility index (Phi) is 5.87. The molecule has 4 rings (SSSR count). The molecular weight excluding hydrogens is 422 g/mol. The van der Waals surface area contributed by atoms with Gasteiger partial charge in [0.2, 0.25) is 0 Å². The number of rotatable bonds is 6. The Bertz CT molecular complexity index is 1040. The lowest BCUT2D eigenvalue weighted by atomic mass is 10.0. The molecule has 2 saturated heterocycles. The molecule has 0 radical (unpaired) electrons. The molecule has 0 atom stereocenters. The highest BCUT2D eigenvalue weighted by Crippen LogP contribution is 2.38. The minimum atomic E-state index is -3.96. The third-order valence-corrected chi connectivity index (χ3v) is 7.64. The maximum Gasteiger partial charge on any atom is 0.293 e. The lowest BCUT2D eigenvalue weighted by molar-refractivity contribution is -0.384. The molecule has 2 fully saturated rings. The van der Waals surface area contributed by atoms with Crippen molar-refractivity contribution >= 4 is 27.1 Å². The quantitative estimate of drug-likeness (QED) is 0.495. The molecule has 2 aliphatic heterocycles. The number of ether oxygens (including phenoxy) is 2. The zero-order chi connectivity index (χ0) is 22.1. The summed E-state index contributed by atoms with van der Waals surface area (Å²) < 4.78 is 39.2. The molecule has 10 heteroatoms. The van der Waals surface area contributed by atoms with Crippen LogP contribution in [0.2, 0.25) is 0 Å². The zero-order valence-corrected chi connectivity index (χ0v) is 18.1. The number of piperidine rings is 1. The number of nitro groups is 1. The van der Waals surface area contributed by atoms with Crippen LogP contribution in [0, 0.1) is 10.1 Å². The Morgan fingerprint density at radius 3 is 2.32 bits per heavy atom. The van der Waals surface area contributed by atoms with Crippen LogP contribution in [0.15, 0.2) is 53.4 Å². The molecule has 0 saturated carbocycles. The molecular formula is C21H25N3O6S. The van der Waals surface area contributed by atoms with Crippen molar-refractivity contribution in [2.45, 2.75) is 30.4 Å². The van der Waals surface area contributed by atoms with Gasteiger partial charge in [0.15, 0.2) is 5.79 Å². The second-order valence-electron chi connectivity index (χ2n) is 7.51. The number of anilines is 2. The summed E-state index contributed by atoms with van der Waals surface area (Å²) >= 11 is 0. The van der Waals surface area contributed by atoms with E-state index in [0.29, 0.717) is 50.5 Å². The van der Waals surface area contributed by atoms with Gasteiger partial charge < -0.3 is 14.4 Å². The summed E-state index contributed by atoms with van der Waals surface area (Å²) in [7, 11) is -3.96. The van der Waals surface area contributed by atoms with Crippen molar-refractivity contribution in [3.05, 3.63) is 58.6 Å². The third kappa shape index (κ3) is 4.10. The van der Waals surface area contributed by atoms with Crippen LogP contribution < -0.4 is 9.21 Å². The van der Waals surface area contributed by atoms with Crippen LogP contribution in [-0.2, 0) is 19.5 Å². The number of sulfonamides is 1. The number of hydrogen-bond donors (Lipinski definition) is 0. The van der Waals surface area contributed by atoms with Crippen molar-refractivity contribution in [1.29, 1.82) is 0 Å². The fourth-order valence-corrected chi connectivity index (χ4v) is 5.66. The average molecular weight is 448 g/mol. The van der Waals surface area contributed by atoms with Crippen molar-refractivity contribution < 1.29 is 22.8 Å². The van der Waals surface area contributed by atoms with Crippen LogP contribution in [0.1, 0.15) is 19.8 Å². The topological polar surface area (TPSA) is 102 Å². The lowest BCUT2D eigenvalue weighted by Gasteiger charge is -2.38. The molecule has 31 heavy (non-hydrogen) atoms. The van der Waals surface area contributed by atoms with Crippen LogP contribution in [0.4, 0.5) is 17.1 Å². The smallest absolute Gasteiger partial charge is 0.293 e. The van der Waals surface area contributed by atoms with Crippen molar-refractivity contribution in [1.82, 2.24) is 0 Å². The van der Waals surface area contributed by atoms with Gasteiger partial charge in [-0.2, -0.15) is 0 Å². The first-order valence-electron chi connectivity index (χ1n) is 10.3. The molecule has 0 aromatic heterocycles. The van der Waals surface area contributed by atoms with E-state index in [1.807, 2.05) is 4.90 Å². The number of benzene rings is 2. The Labute approximate surface area is 181 Å². The first-order chi connectivity index (χ1) is 14.9. The summed E-state index contributed by atoms with van der Waals surface area (Å²) in [4.78, 5) is 13.1. The van der Waals surface area contributed by atoms with Crippen molar-refractivity contribution in [3.8, 4) is 0 Å².